The number of hydrogen-bond acceptors (Lipinski definition) is 4. The molecule has 0 saturated carbocycles. The van der Waals surface area contributed by atoms with Crippen LogP contribution in [-0.2, 0) is 17.5 Å². The lowest BCUT2D eigenvalue weighted by atomic mass is 10.1. The zero-order valence-corrected chi connectivity index (χ0v) is 13.6. The maximum Gasteiger partial charge on any atom is 0.418 e. The number of hydrogen-bond donors (Lipinski definition) is 1. The summed E-state index contributed by atoms with van der Waals surface area (Å²) in [5, 5.41) is 0.969. The average Bonchev–Trinajstić information content (AvgIpc) is 2.83. The highest BCUT2D eigenvalue weighted by Crippen LogP contribution is 2.37. The first-order valence-corrected chi connectivity index (χ1v) is 8.23. The largest absolute Gasteiger partial charge is 0.418 e. The van der Waals surface area contributed by atoms with E-state index in [4.69, 9.17) is 0 Å². The normalized spacial score (nSPS) is 17.9. The Morgan fingerprint density at radius 1 is 1.00 bits per heavy atom. The molecular formula is C17H13F3N2O2S. The number of para-hydroxylation sites is 1. The molecule has 1 saturated heterocycles. The van der Waals surface area contributed by atoms with E-state index >= 15 is 0 Å². The summed E-state index contributed by atoms with van der Waals surface area (Å²) in [5.74, 6) is -0.559. The highest BCUT2D eigenvalue weighted by atomic mass is 32.2. The number of rotatable bonds is 4. The molecule has 1 aliphatic heterocycles. The molecule has 0 aromatic heterocycles. The molecule has 0 spiro atoms. The molecule has 0 bridgehead atoms. The van der Waals surface area contributed by atoms with E-state index in [2.05, 4.69) is 5.32 Å². The van der Waals surface area contributed by atoms with E-state index in [1.165, 1.54) is 18.2 Å². The summed E-state index contributed by atoms with van der Waals surface area (Å²) in [6.07, 6.45) is -4.55. The van der Waals surface area contributed by atoms with Crippen molar-refractivity contribution >= 4 is 28.6 Å². The van der Waals surface area contributed by atoms with Crippen molar-refractivity contribution in [1.82, 2.24) is 4.90 Å². The summed E-state index contributed by atoms with van der Waals surface area (Å²) in [6.45, 7) is 0.0879. The number of halogens is 3. The van der Waals surface area contributed by atoms with Crippen LogP contribution in [-0.4, -0.2) is 21.4 Å². The average molecular weight is 366 g/mol. The molecule has 25 heavy (non-hydrogen) atoms. The topological polar surface area (TPSA) is 49.4 Å². The zero-order chi connectivity index (χ0) is 18.0. The lowest BCUT2D eigenvalue weighted by Gasteiger charge is -2.17. The minimum Gasteiger partial charge on any atom is -0.365 e. The molecule has 3 rings (SSSR count). The van der Waals surface area contributed by atoms with E-state index in [1.807, 2.05) is 6.07 Å². The van der Waals surface area contributed by atoms with Crippen LogP contribution in [0, 0.1) is 0 Å². The fourth-order valence-electron chi connectivity index (χ4n) is 2.44. The van der Waals surface area contributed by atoms with Crippen molar-refractivity contribution < 1.29 is 22.8 Å². The van der Waals surface area contributed by atoms with Crippen molar-refractivity contribution in [3.8, 4) is 0 Å². The lowest BCUT2D eigenvalue weighted by molar-refractivity contribution is -0.137. The van der Waals surface area contributed by atoms with Crippen LogP contribution >= 0.6 is 11.8 Å². The number of alkyl halides is 3. The van der Waals surface area contributed by atoms with Gasteiger partial charge >= 0.3 is 6.18 Å². The van der Waals surface area contributed by atoms with E-state index in [9.17, 15) is 22.8 Å². The second-order valence-corrected chi connectivity index (χ2v) is 6.42. The molecule has 130 valence electrons. The van der Waals surface area contributed by atoms with Gasteiger partial charge in [-0.25, -0.2) is 0 Å². The Kier molecular flexibility index (Phi) is 4.71. The molecule has 2 aromatic carbocycles. The van der Waals surface area contributed by atoms with Gasteiger partial charge < -0.3 is 5.32 Å². The molecule has 1 fully saturated rings. The summed E-state index contributed by atoms with van der Waals surface area (Å²) < 4.78 is 39.2. The van der Waals surface area contributed by atoms with Gasteiger partial charge in [-0.3, -0.25) is 14.5 Å². The number of carbonyl (C=O) groups excluding carboxylic acids is 2. The van der Waals surface area contributed by atoms with Gasteiger partial charge in [0.1, 0.15) is 0 Å². The Balaban J connectivity index is 1.77. The minimum atomic E-state index is -4.55. The molecule has 0 radical (unpaired) electrons. The fraction of sp³-hybridized carbons (Fsp3) is 0.176. The molecule has 1 atom stereocenters. The smallest absolute Gasteiger partial charge is 0.365 e. The molecule has 2 amide bonds. The van der Waals surface area contributed by atoms with Gasteiger partial charge in [-0.05, 0) is 29.5 Å². The van der Waals surface area contributed by atoms with Crippen molar-refractivity contribution in [1.29, 1.82) is 0 Å². The van der Waals surface area contributed by atoms with Gasteiger partial charge in [-0.1, -0.05) is 42.5 Å². The van der Waals surface area contributed by atoms with Crippen molar-refractivity contribution in [2.24, 2.45) is 0 Å². The van der Waals surface area contributed by atoms with Crippen LogP contribution in [0.3, 0.4) is 0 Å². The maximum atomic E-state index is 13.1. The Hall–Kier alpha value is -2.48. The van der Waals surface area contributed by atoms with Gasteiger partial charge in [-0.15, -0.1) is 0 Å². The standard InChI is InChI=1S/C17H13F3N2O2S/c18-17(19,20)12-8-4-5-9-13(12)21-14-15(23)22(16(24)25-14)10-11-6-2-1-3-7-11/h1-9,14,21H,10H2. The first-order chi connectivity index (χ1) is 11.9. The van der Waals surface area contributed by atoms with Crippen molar-refractivity contribution in [2.75, 3.05) is 5.32 Å². The van der Waals surface area contributed by atoms with Crippen LogP contribution < -0.4 is 5.32 Å². The summed E-state index contributed by atoms with van der Waals surface area (Å²) in [5.41, 5.74) is -0.339. The van der Waals surface area contributed by atoms with Crippen LogP contribution in [0.4, 0.5) is 23.7 Å². The highest BCUT2D eigenvalue weighted by Gasteiger charge is 2.41. The molecule has 8 heteroatoms. The number of carbonyl (C=O) groups is 2. The zero-order valence-electron chi connectivity index (χ0n) is 12.8. The Morgan fingerprint density at radius 3 is 2.32 bits per heavy atom. The van der Waals surface area contributed by atoms with Gasteiger partial charge in [0.05, 0.1) is 12.1 Å². The fourth-order valence-corrected chi connectivity index (χ4v) is 3.34. The van der Waals surface area contributed by atoms with Crippen molar-refractivity contribution in [3.63, 3.8) is 0 Å². The predicted molar refractivity (Wildman–Crippen MR) is 88.8 cm³/mol. The van der Waals surface area contributed by atoms with E-state index in [0.29, 0.717) is 11.8 Å². The molecule has 2 aromatic rings. The lowest BCUT2D eigenvalue weighted by Crippen LogP contribution is -2.34. The second kappa shape index (κ2) is 6.79. The van der Waals surface area contributed by atoms with Gasteiger partial charge in [0.2, 0.25) is 0 Å². The van der Waals surface area contributed by atoms with Gasteiger partial charge in [-0.2, -0.15) is 13.2 Å². The maximum absolute atomic E-state index is 13.1. The van der Waals surface area contributed by atoms with Gasteiger partial charge in [0.15, 0.2) is 5.37 Å². The quantitative estimate of drug-likeness (QED) is 0.875. The van der Waals surface area contributed by atoms with Crippen LogP contribution in [0.15, 0.2) is 54.6 Å². The van der Waals surface area contributed by atoms with E-state index in [0.717, 1.165) is 16.5 Å². The van der Waals surface area contributed by atoms with Gasteiger partial charge in [0, 0.05) is 5.69 Å². The number of amides is 2. The molecule has 1 unspecified atom stereocenters. The second-order valence-electron chi connectivity index (χ2n) is 5.36. The minimum absolute atomic E-state index is 0.0879. The highest BCUT2D eigenvalue weighted by molar-refractivity contribution is 8.15. The number of benzene rings is 2. The van der Waals surface area contributed by atoms with Crippen LogP contribution in [0.25, 0.3) is 0 Å². The SMILES string of the molecule is O=C1SC(Nc2ccccc2C(F)(F)F)C(=O)N1Cc1ccccc1. The number of thioether (sulfide) groups is 1. The van der Waals surface area contributed by atoms with E-state index < -0.39 is 28.3 Å². The van der Waals surface area contributed by atoms with E-state index in [-0.39, 0.29) is 12.2 Å². The molecule has 1 aliphatic rings. The molecular weight excluding hydrogens is 353 g/mol. The number of nitrogens with zero attached hydrogens (tertiary/aromatic N) is 1. The van der Waals surface area contributed by atoms with Crippen LogP contribution in [0.1, 0.15) is 11.1 Å². The van der Waals surface area contributed by atoms with Crippen LogP contribution in [0.5, 0.6) is 0 Å². The predicted octanol–water partition coefficient (Wildman–Crippen LogP) is 4.34. The molecule has 1 N–H and O–H groups in total. The number of anilines is 1. The summed E-state index contributed by atoms with van der Waals surface area (Å²) in [4.78, 5) is 25.5. The third-order valence-corrected chi connectivity index (χ3v) is 4.61. The summed E-state index contributed by atoms with van der Waals surface area (Å²) in [7, 11) is 0. The third-order valence-electron chi connectivity index (χ3n) is 3.63. The number of imide groups is 1. The van der Waals surface area contributed by atoms with Crippen molar-refractivity contribution in [3.05, 3.63) is 65.7 Å². The third kappa shape index (κ3) is 3.79. The molecule has 1 heterocycles. The summed E-state index contributed by atoms with van der Waals surface area (Å²) in [6, 6.07) is 13.8. The number of nitrogens with one attached hydrogen (secondary N) is 1. The summed E-state index contributed by atoms with van der Waals surface area (Å²) >= 11 is 0.674. The molecule has 4 nitrogen and oxygen atoms in total. The van der Waals surface area contributed by atoms with E-state index in [1.54, 1.807) is 24.3 Å². The first kappa shape index (κ1) is 17.3. The van der Waals surface area contributed by atoms with Crippen LogP contribution in [0.2, 0.25) is 0 Å². The van der Waals surface area contributed by atoms with Crippen molar-refractivity contribution in [2.45, 2.75) is 18.1 Å². The Bertz CT molecular complexity index is 796. The Labute approximate surface area is 146 Å². The Morgan fingerprint density at radius 2 is 1.64 bits per heavy atom. The van der Waals surface area contributed by atoms with Gasteiger partial charge in [0.25, 0.3) is 11.1 Å². The molecule has 0 aliphatic carbocycles. The monoisotopic (exact) mass is 366 g/mol. The first-order valence-electron chi connectivity index (χ1n) is 7.35.